The number of carboxylic acid groups (broad SMARTS) is 1. The van der Waals surface area contributed by atoms with Crippen molar-refractivity contribution < 1.29 is 19.1 Å². The molecule has 0 unspecified atom stereocenters. The number of hydrogen-bond donors (Lipinski definition) is 2. The zero-order valence-electron chi connectivity index (χ0n) is 13.8. The monoisotopic (exact) mass is 362 g/mol. The molecule has 0 radical (unpaired) electrons. The molecule has 25 heavy (non-hydrogen) atoms. The van der Waals surface area contributed by atoms with E-state index in [1.54, 1.807) is 19.1 Å². The maximum absolute atomic E-state index is 13.0. The Morgan fingerprint density at radius 2 is 2.00 bits per heavy atom. The summed E-state index contributed by atoms with van der Waals surface area (Å²) in [5.41, 5.74) is 0.920. The number of carbonyl (C=O) groups excluding carboxylic acids is 1. The van der Waals surface area contributed by atoms with E-state index in [9.17, 15) is 14.0 Å². The van der Waals surface area contributed by atoms with Crippen molar-refractivity contribution in [2.24, 2.45) is 0 Å². The van der Waals surface area contributed by atoms with Crippen LogP contribution in [-0.2, 0) is 11.2 Å². The van der Waals surface area contributed by atoms with Gasteiger partial charge in [-0.25, -0.2) is 9.37 Å². The van der Waals surface area contributed by atoms with Gasteiger partial charge in [0, 0.05) is 6.42 Å². The fourth-order valence-electron chi connectivity index (χ4n) is 3.05. The Labute approximate surface area is 148 Å². The smallest absolute Gasteiger partial charge is 0.305 e. The van der Waals surface area contributed by atoms with E-state index >= 15 is 0 Å². The first kappa shape index (κ1) is 17.5. The van der Waals surface area contributed by atoms with Gasteiger partial charge >= 0.3 is 5.97 Å². The molecule has 3 rings (SSSR count). The molecular formula is C18H19FN2O3S. The predicted octanol–water partition coefficient (Wildman–Crippen LogP) is 3.31. The number of amides is 1. The molecule has 2 N–H and O–H groups in total. The summed E-state index contributed by atoms with van der Waals surface area (Å²) in [5.74, 6) is -1.46. The van der Waals surface area contributed by atoms with Gasteiger partial charge in [0.05, 0.1) is 22.7 Å². The predicted molar refractivity (Wildman–Crippen MR) is 92.4 cm³/mol. The lowest BCUT2D eigenvalue weighted by molar-refractivity contribution is -0.139. The molecule has 7 heteroatoms. The molecule has 1 aromatic carbocycles. The molecule has 1 amide bonds. The molecule has 1 aromatic heterocycles. The third-order valence-electron chi connectivity index (χ3n) is 4.49. The Morgan fingerprint density at radius 1 is 1.32 bits per heavy atom. The van der Waals surface area contributed by atoms with Gasteiger partial charge in [-0.3, -0.25) is 9.59 Å². The third kappa shape index (κ3) is 4.04. The maximum atomic E-state index is 13.0. The molecule has 132 valence electrons. The summed E-state index contributed by atoms with van der Waals surface area (Å²) in [5, 5.41) is 12.7. The van der Waals surface area contributed by atoms with Crippen molar-refractivity contribution in [1.82, 2.24) is 10.3 Å². The van der Waals surface area contributed by atoms with Crippen molar-refractivity contribution in [1.29, 1.82) is 0 Å². The lowest BCUT2D eigenvalue weighted by Crippen LogP contribution is -2.54. The quantitative estimate of drug-likeness (QED) is 0.826. The lowest BCUT2D eigenvalue weighted by Gasteiger charge is -2.41. The summed E-state index contributed by atoms with van der Waals surface area (Å²) in [6.07, 6.45) is 2.76. The minimum absolute atomic E-state index is 0.0565. The van der Waals surface area contributed by atoms with Crippen LogP contribution in [0.25, 0.3) is 0 Å². The summed E-state index contributed by atoms with van der Waals surface area (Å²) < 4.78 is 13.0. The van der Waals surface area contributed by atoms with E-state index in [1.165, 1.54) is 23.5 Å². The van der Waals surface area contributed by atoms with Crippen LogP contribution in [0.3, 0.4) is 0 Å². The van der Waals surface area contributed by atoms with Crippen molar-refractivity contribution >= 4 is 23.2 Å². The molecule has 0 aliphatic heterocycles. The molecule has 0 atom stereocenters. The highest BCUT2D eigenvalue weighted by molar-refractivity contribution is 7.13. The van der Waals surface area contributed by atoms with Gasteiger partial charge in [-0.05, 0) is 43.9 Å². The van der Waals surface area contributed by atoms with Gasteiger partial charge in [0.1, 0.15) is 10.7 Å². The average Bonchev–Trinajstić information content (AvgIpc) is 2.87. The first-order chi connectivity index (χ1) is 11.9. The summed E-state index contributed by atoms with van der Waals surface area (Å²) in [6, 6.07) is 6.19. The van der Waals surface area contributed by atoms with E-state index in [4.69, 9.17) is 5.11 Å². The first-order valence-corrected chi connectivity index (χ1v) is 8.94. The maximum Gasteiger partial charge on any atom is 0.305 e. The Bertz CT molecular complexity index is 797. The highest BCUT2D eigenvalue weighted by atomic mass is 32.1. The highest BCUT2D eigenvalue weighted by Gasteiger charge is 2.41. The number of rotatable bonds is 6. The van der Waals surface area contributed by atoms with Gasteiger partial charge in [-0.1, -0.05) is 12.1 Å². The van der Waals surface area contributed by atoms with Crippen LogP contribution >= 0.6 is 11.3 Å². The van der Waals surface area contributed by atoms with E-state index in [1.807, 2.05) is 0 Å². The number of carbonyl (C=O) groups is 2. The second-order valence-corrected chi connectivity index (χ2v) is 7.57. The van der Waals surface area contributed by atoms with Crippen LogP contribution in [0.5, 0.6) is 0 Å². The number of nitrogens with zero attached hydrogens (tertiary/aromatic N) is 1. The van der Waals surface area contributed by atoms with Crippen molar-refractivity contribution in [3.63, 3.8) is 0 Å². The molecule has 0 spiro atoms. The van der Waals surface area contributed by atoms with Crippen LogP contribution in [0.15, 0.2) is 24.3 Å². The molecule has 5 nitrogen and oxygen atoms in total. The highest BCUT2D eigenvalue weighted by Crippen LogP contribution is 2.35. The van der Waals surface area contributed by atoms with Gasteiger partial charge in [-0.2, -0.15) is 0 Å². The van der Waals surface area contributed by atoms with Crippen molar-refractivity contribution in [2.45, 2.75) is 44.6 Å². The van der Waals surface area contributed by atoms with E-state index in [-0.39, 0.29) is 18.1 Å². The fourth-order valence-corrected chi connectivity index (χ4v) is 4.05. The molecular weight excluding hydrogens is 343 g/mol. The fraction of sp³-hybridized carbons (Fsp3) is 0.389. The zero-order valence-corrected chi connectivity index (χ0v) is 14.7. The van der Waals surface area contributed by atoms with Gasteiger partial charge in [-0.15, -0.1) is 11.3 Å². The van der Waals surface area contributed by atoms with Crippen molar-refractivity contribution in [3.8, 4) is 0 Å². The largest absolute Gasteiger partial charge is 0.481 e. The number of carboxylic acids is 1. The summed E-state index contributed by atoms with van der Waals surface area (Å²) in [4.78, 5) is 28.6. The first-order valence-electron chi connectivity index (χ1n) is 8.12. The SMILES string of the molecule is Cc1nc(Cc2ccc(F)cc2)sc1C(=O)NC1(CC(=O)O)CCC1. The molecule has 2 aromatic rings. The van der Waals surface area contributed by atoms with E-state index in [0.717, 1.165) is 17.0 Å². The minimum Gasteiger partial charge on any atom is -0.481 e. The molecule has 1 aliphatic rings. The number of nitrogens with one attached hydrogen (secondary N) is 1. The summed E-state index contributed by atoms with van der Waals surface area (Å²) >= 11 is 1.30. The number of aromatic nitrogens is 1. The second-order valence-electron chi connectivity index (χ2n) is 6.48. The molecule has 1 aliphatic carbocycles. The van der Waals surface area contributed by atoms with Crippen LogP contribution in [0.4, 0.5) is 4.39 Å². The van der Waals surface area contributed by atoms with Crippen LogP contribution < -0.4 is 5.32 Å². The topological polar surface area (TPSA) is 79.3 Å². The van der Waals surface area contributed by atoms with Crippen LogP contribution in [0.1, 0.15) is 51.6 Å². The molecule has 1 heterocycles. The van der Waals surface area contributed by atoms with Gasteiger partial charge in [0.2, 0.25) is 0 Å². The third-order valence-corrected chi connectivity index (χ3v) is 5.65. The zero-order chi connectivity index (χ0) is 18.0. The normalized spacial score (nSPS) is 15.4. The van der Waals surface area contributed by atoms with Gasteiger partial charge in [0.15, 0.2) is 0 Å². The Balaban J connectivity index is 1.72. The number of benzene rings is 1. The molecule has 1 saturated carbocycles. The van der Waals surface area contributed by atoms with Crippen LogP contribution in [0, 0.1) is 12.7 Å². The van der Waals surface area contributed by atoms with E-state index < -0.39 is 11.5 Å². The van der Waals surface area contributed by atoms with Crippen LogP contribution in [-0.4, -0.2) is 27.5 Å². The van der Waals surface area contributed by atoms with E-state index in [2.05, 4.69) is 10.3 Å². The number of hydrogen-bond acceptors (Lipinski definition) is 4. The molecule has 1 fully saturated rings. The molecule has 0 saturated heterocycles. The average molecular weight is 362 g/mol. The Morgan fingerprint density at radius 3 is 2.56 bits per heavy atom. The number of aliphatic carboxylic acids is 1. The van der Waals surface area contributed by atoms with Gasteiger partial charge in [0.25, 0.3) is 5.91 Å². The number of thiazole rings is 1. The standard InChI is InChI=1S/C18H19FN2O3S/c1-11-16(17(24)21-18(7-2-8-18)10-15(22)23)25-14(20-11)9-12-3-5-13(19)6-4-12/h3-6H,2,7-10H2,1H3,(H,21,24)(H,22,23). The summed E-state index contributed by atoms with van der Waals surface area (Å²) in [7, 11) is 0. The van der Waals surface area contributed by atoms with Crippen molar-refractivity contribution in [2.75, 3.05) is 0 Å². The van der Waals surface area contributed by atoms with Gasteiger partial charge < -0.3 is 10.4 Å². The van der Waals surface area contributed by atoms with Crippen molar-refractivity contribution in [3.05, 3.63) is 51.2 Å². The lowest BCUT2D eigenvalue weighted by atomic mass is 9.74. The second kappa shape index (κ2) is 6.92. The van der Waals surface area contributed by atoms with Crippen LogP contribution in [0.2, 0.25) is 0 Å². The molecule has 0 bridgehead atoms. The Kier molecular flexibility index (Phi) is 4.85. The Hall–Kier alpha value is -2.28. The number of halogens is 1. The minimum atomic E-state index is -0.905. The summed E-state index contributed by atoms with van der Waals surface area (Å²) in [6.45, 7) is 1.77. The number of aryl methyl sites for hydroxylation is 1. The van der Waals surface area contributed by atoms with E-state index in [0.29, 0.717) is 29.8 Å².